The van der Waals surface area contributed by atoms with E-state index in [0.717, 1.165) is 67.4 Å². The number of rotatable bonds is 4. The maximum atomic E-state index is 14.2. The Morgan fingerprint density at radius 3 is 2.90 bits per heavy atom. The number of aromatic nitrogens is 2. The number of nitrogens with one attached hydrogen (secondary N) is 1. The van der Waals surface area contributed by atoms with E-state index in [1.165, 1.54) is 6.07 Å². The van der Waals surface area contributed by atoms with Gasteiger partial charge in [0.25, 0.3) is 0 Å². The van der Waals surface area contributed by atoms with Crippen molar-refractivity contribution in [2.24, 2.45) is 16.1 Å². The Bertz CT molecular complexity index is 1080. The second kappa shape index (κ2) is 8.45. The molecule has 1 aromatic carbocycles. The third-order valence-electron chi connectivity index (χ3n) is 6.41. The summed E-state index contributed by atoms with van der Waals surface area (Å²) in [4.78, 5) is 2.18. The van der Waals surface area contributed by atoms with Crippen molar-refractivity contribution in [3.8, 4) is 0 Å². The summed E-state index contributed by atoms with van der Waals surface area (Å²) in [6, 6.07) is 4.67. The molecular weight excluding hydrogens is 438 g/mol. The highest BCUT2D eigenvalue weighted by Gasteiger charge is 2.30. The minimum absolute atomic E-state index is 0.0674. The Balaban J connectivity index is 1.44. The highest BCUT2D eigenvalue weighted by atomic mass is 35.5. The van der Waals surface area contributed by atoms with E-state index in [4.69, 9.17) is 23.2 Å². The third kappa shape index (κ3) is 3.83. The Hall–Kier alpha value is -2.09. The lowest BCUT2D eigenvalue weighted by Gasteiger charge is -2.36. The summed E-state index contributed by atoms with van der Waals surface area (Å²) in [6.07, 6.45) is 3.58. The van der Waals surface area contributed by atoms with Crippen molar-refractivity contribution in [2.75, 3.05) is 24.5 Å². The number of nitrogens with zero attached hydrogens (tertiary/aromatic N) is 5. The van der Waals surface area contributed by atoms with E-state index < -0.39 is 5.82 Å². The number of halogens is 3. The van der Waals surface area contributed by atoms with Crippen molar-refractivity contribution in [3.05, 3.63) is 51.0 Å². The summed E-state index contributed by atoms with van der Waals surface area (Å²) in [7, 11) is 0. The summed E-state index contributed by atoms with van der Waals surface area (Å²) in [6.45, 7) is 4.77. The van der Waals surface area contributed by atoms with Gasteiger partial charge in [0.15, 0.2) is 0 Å². The third-order valence-corrected chi connectivity index (χ3v) is 7.12. The van der Waals surface area contributed by atoms with E-state index in [-0.39, 0.29) is 11.1 Å². The largest absolute Gasteiger partial charge is 0.363 e. The van der Waals surface area contributed by atoms with Crippen molar-refractivity contribution in [3.63, 3.8) is 0 Å². The molecular formula is C22H23Cl2FN6. The number of anilines is 1. The van der Waals surface area contributed by atoms with Crippen LogP contribution in [-0.4, -0.2) is 41.3 Å². The molecule has 0 aliphatic carbocycles. The molecule has 3 aliphatic rings. The van der Waals surface area contributed by atoms with Crippen LogP contribution in [0.4, 0.5) is 10.1 Å². The van der Waals surface area contributed by atoms with Gasteiger partial charge in [0.05, 0.1) is 33.9 Å². The summed E-state index contributed by atoms with van der Waals surface area (Å²) < 4.78 is 14.2. The average Bonchev–Trinajstić information content (AvgIpc) is 3.47. The number of aryl methyl sites for hydroxylation is 1. The standard InChI is InChI=1S/C22H23Cl2FN6/c1-12(21-14(23)4-5-15(25)22(21)24)31-8-2-3-16-20(31)10-19(30-27-16)18-9-17(28-29-18)13-6-7-26-11-13/h4-5,10,12-13,26H,2-3,6-9,11H2,1H3/t12-,13?/m1/s1. The Morgan fingerprint density at radius 1 is 1.23 bits per heavy atom. The molecule has 1 N–H and O–H groups in total. The van der Waals surface area contributed by atoms with Gasteiger partial charge in [0.2, 0.25) is 0 Å². The SMILES string of the molecule is C[C@H](c1c(Cl)ccc(F)c1Cl)N1CCCc2nnc(C3=NN=C(C4CCNC4)C3)cc21. The highest BCUT2D eigenvalue weighted by molar-refractivity contribution is 6.36. The molecule has 1 fully saturated rings. The molecule has 0 saturated carbocycles. The van der Waals surface area contributed by atoms with Gasteiger partial charge in [-0.2, -0.15) is 15.3 Å². The van der Waals surface area contributed by atoms with Crippen LogP contribution in [0, 0.1) is 11.7 Å². The fourth-order valence-corrected chi connectivity index (χ4v) is 5.36. The smallest absolute Gasteiger partial charge is 0.142 e. The van der Waals surface area contributed by atoms with Crippen LogP contribution in [0.15, 0.2) is 28.4 Å². The molecule has 4 heterocycles. The predicted octanol–water partition coefficient (Wildman–Crippen LogP) is 4.59. The average molecular weight is 461 g/mol. The molecule has 2 atom stereocenters. The lowest BCUT2D eigenvalue weighted by atomic mass is 9.96. The second-order valence-corrected chi connectivity index (χ2v) is 9.08. The van der Waals surface area contributed by atoms with Gasteiger partial charge in [-0.15, -0.1) is 5.10 Å². The normalized spacial score (nSPS) is 21.7. The summed E-state index contributed by atoms with van der Waals surface area (Å²) in [5.41, 5.74) is 5.18. The van der Waals surface area contributed by atoms with E-state index in [0.29, 0.717) is 22.9 Å². The quantitative estimate of drug-likeness (QED) is 0.677. The molecule has 5 rings (SSSR count). The summed E-state index contributed by atoms with van der Waals surface area (Å²) >= 11 is 12.7. The van der Waals surface area contributed by atoms with Crippen LogP contribution in [-0.2, 0) is 6.42 Å². The van der Waals surface area contributed by atoms with Gasteiger partial charge >= 0.3 is 0 Å². The van der Waals surface area contributed by atoms with Gasteiger partial charge in [-0.25, -0.2) is 4.39 Å². The lowest BCUT2D eigenvalue weighted by Crippen LogP contribution is -2.33. The van der Waals surface area contributed by atoms with Gasteiger partial charge in [-0.3, -0.25) is 0 Å². The van der Waals surface area contributed by atoms with Crippen LogP contribution < -0.4 is 10.2 Å². The van der Waals surface area contributed by atoms with Crippen LogP contribution in [0.2, 0.25) is 10.0 Å². The fourth-order valence-electron chi connectivity index (χ4n) is 4.67. The van der Waals surface area contributed by atoms with Crippen molar-refractivity contribution in [2.45, 2.75) is 38.6 Å². The van der Waals surface area contributed by atoms with Gasteiger partial charge in [-0.05, 0) is 50.9 Å². The highest BCUT2D eigenvalue weighted by Crippen LogP contribution is 2.39. The molecule has 2 aromatic rings. The van der Waals surface area contributed by atoms with Crippen LogP contribution in [0.3, 0.4) is 0 Å². The molecule has 3 aliphatic heterocycles. The first-order valence-corrected chi connectivity index (χ1v) is 11.4. The molecule has 162 valence electrons. The number of fused-ring (bicyclic) bond motifs is 1. The maximum absolute atomic E-state index is 14.2. The first-order chi connectivity index (χ1) is 15.0. The number of benzene rings is 1. The van der Waals surface area contributed by atoms with Crippen molar-refractivity contribution < 1.29 is 4.39 Å². The van der Waals surface area contributed by atoms with Crippen LogP contribution in [0.25, 0.3) is 0 Å². The lowest BCUT2D eigenvalue weighted by molar-refractivity contribution is 0.590. The van der Waals surface area contributed by atoms with E-state index in [1.807, 2.05) is 13.0 Å². The Kier molecular flexibility index (Phi) is 5.67. The molecule has 9 heteroatoms. The van der Waals surface area contributed by atoms with E-state index in [9.17, 15) is 4.39 Å². The topological polar surface area (TPSA) is 65.8 Å². The zero-order chi connectivity index (χ0) is 21.5. The first-order valence-electron chi connectivity index (χ1n) is 10.6. The van der Waals surface area contributed by atoms with Gasteiger partial charge < -0.3 is 10.2 Å². The van der Waals surface area contributed by atoms with Crippen LogP contribution in [0.5, 0.6) is 0 Å². The molecule has 0 amide bonds. The summed E-state index contributed by atoms with van der Waals surface area (Å²) in [5.74, 6) is -0.0225. The Labute approximate surface area is 190 Å². The monoisotopic (exact) mass is 460 g/mol. The second-order valence-electron chi connectivity index (χ2n) is 8.30. The molecule has 6 nitrogen and oxygen atoms in total. The molecule has 0 bridgehead atoms. The van der Waals surface area contributed by atoms with Crippen molar-refractivity contribution in [1.29, 1.82) is 0 Å². The van der Waals surface area contributed by atoms with Gasteiger partial charge in [0.1, 0.15) is 11.5 Å². The first kappa shape index (κ1) is 20.8. The van der Waals surface area contributed by atoms with Gasteiger partial charge in [-0.1, -0.05) is 23.2 Å². The molecule has 1 unspecified atom stereocenters. The van der Waals surface area contributed by atoms with Crippen LogP contribution >= 0.6 is 23.2 Å². The number of hydrogen-bond donors (Lipinski definition) is 1. The van der Waals surface area contributed by atoms with E-state index in [2.05, 4.69) is 30.6 Å². The molecule has 31 heavy (non-hydrogen) atoms. The molecule has 1 aromatic heterocycles. The zero-order valence-electron chi connectivity index (χ0n) is 17.2. The van der Waals surface area contributed by atoms with Crippen molar-refractivity contribution in [1.82, 2.24) is 15.5 Å². The fraction of sp³-hybridized carbons (Fsp3) is 0.455. The predicted molar refractivity (Wildman–Crippen MR) is 122 cm³/mol. The summed E-state index contributed by atoms with van der Waals surface area (Å²) in [5, 5.41) is 21.7. The molecule has 0 spiro atoms. The minimum Gasteiger partial charge on any atom is -0.363 e. The van der Waals surface area contributed by atoms with E-state index in [1.54, 1.807) is 6.07 Å². The number of hydrogen-bond acceptors (Lipinski definition) is 6. The van der Waals surface area contributed by atoms with Crippen molar-refractivity contribution >= 4 is 40.3 Å². The zero-order valence-corrected chi connectivity index (χ0v) is 18.7. The Morgan fingerprint density at radius 2 is 2.10 bits per heavy atom. The molecule has 1 saturated heterocycles. The van der Waals surface area contributed by atoms with Gasteiger partial charge in [0, 0.05) is 36.0 Å². The maximum Gasteiger partial charge on any atom is 0.142 e. The molecule has 0 radical (unpaired) electrons. The van der Waals surface area contributed by atoms with E-state index >= 15 is 0 Å². The van der Waals surface area contributed by atoms with Crippen LogP contribution in [0.1, 0.15) is 49.2 Å². The minimum atomic E-state index is -0.468.